The van der Waals surface area contributed by atoms with E-state index >= 15 is 0 Å². The van der Waals surface area contributed by atoms with Crippen LogP contribution in [-0.4, -0.2) is 43.8 Å². The van der Waals surface area contributed by atoms with Crippen LogP contribution in [0.4, 0.5) is 5.69 Å². The van der Waals surface area contributed by atoms with Gasteiger partial charge >= 0.3 is 0 Å². The molecule has 246 valence electrons. The first-order valence-corrected chi connectivity index (χ1v) is 18.4. The molecular formula is C37H39BrClN3O4S. The maximum Gasteiger partial charge on any atom is 0.264 e. The minimum atomic E-state index is -4.19. The fourth-order valence-electron chi connectivity index (χ4n) is 6.06. The number of nitrogens with one attached hydrogen (secondary N) is 1. The molecule has 1 aliphatic carbocycles. The summed E-state index contributed by atoms with van der Waals surface area (Å²) in [5.74, 6) is -0.747. The van der Waals surface area contributed by atoms with Crippen LogP contribution in [0.15, 0.2) is 112 Å². The summed E-state index contributed by atoms with van der Waals surface area (Å²) in [6.07, 6.45) is 5.28. The van der Waals surface area contributed by atoms with E-state index < -0.39 is 28.5 Å². The normalized spacial score (nSPS) is 14.3. The van der Waals surface area contributed by atoms with Crippen LogP contribution in [0.5, 0.6) is 0 Å². The highest BCUT2D eigenvalue weighted by Crippen LogP contribution is 2.30. The van der Waals surface area contributed by atoms with Crippen molar-refractivity contribution in [2.24, 2.45) is 0 Å². The summed E-state index contributed by atoms with van der Waals surface area (Å²) in [5, 5.41) is 3.69. The van der Waals surface area contributed by atoms with Crippen molar-refractivity contribution in [2.75, 3.05) is 10.8 Å². The standard InChI is InChI=1S/C37H39BrClN3O4S/c1-27-22-31(39)20-21-34(27)42(47(45,46)33-18-9-4-10-19-33)26-36(43)41(25-29-14-11-15-30(38)23-29)35(24-28-12-5-2-6-13-28)37(44)40-32-16-7-3-8-17-32/h2,4-6,9-15,18-23,32,35H,3,7-8,16-17,24-26H2,1H3,(H,40,44). The van der Waals surface area contributed by atoms with Crippen LogP contribution < -0.4 is 9.62 Å². The Morgan fingerprint density at radius 2 is 1.53 bits per heavy atom. The van der Waals surface area contributed by atoms with Gasteiger partial charge < -0.3 is 10.2 Å². The van der Waals surface area contributed by atoms with Gasteiger partial charge in [0.05, 0.1) is 10.6 Å². The summed E-state index contributed by atoms with van der Waals surface area (Å²) >= 11 is 9.78. The van der Waals surface area contributed by atoms with Gasteiger partial charge in [-0.25, -0.2) is 8.42 Å². The summed E-state index contributed by atoms with van der Waals surface area (Å²) < 4.78 is 30.4. The molecule has 0 saturated heterocycles. The van der Waals surface area contributed by atoms with Gasteiger partial charge in [-0.1, -0.05) is 107 Å². The molecule has 0 bridgehead atoms. The van der Waals surface area contributed by atoms with Gasteiger partial charge in [-0.05, 0) is 78.9 Å². The molecule has 0 radical (unpaired) electrons. The minimum Gasteiger partial charge on any atom is -0.352 e. The molecule has 1 N–H and O–H groups in total. The van der Waals surface area contributed by atoms with Crippen LogP contribution in [0.3, 0.4) is 0 Å². The SMILES string of the molecule is Cc1cc(Cl)ccc1N(CC(=O)N(Cc1cccc(Br)c1)C(Cc1ccccc1)C(=O)NC1CCCCC1)S(=O)(=O)c1ccccc1. The van der Waals surface area contributed by atoms with Gasteiger partial charge in [0.2, 0.25) is 11.8 Å². The summed E-state index contributed by atoms with van der Waals surface area (Å²) in [6.45, 7) is 1.34. The van der Waals surface area contributed by atoms with Gasteiger partial charge in [-0.2, -0.15) is 0 Å². The second-order valence-electron chi connectivity index (χ2n) is 12.0. The number of anilines is 1. The van der Waals surface area contributed by atoms with Crippen molar-refractivity contribution in [3.8, 4) is 0 Å². The Morgan fingerprint density at radius 1 is 0.872 bits per heavy atom. The summed E-state index contributed by atoms with van der Waals surface area (Å²) in [6, 6.07) is 29.2. The smallest absolute Gasteiger partial charge is 0.264 e. The quantitative estimate of drug-likeness (QED) is 0.162. The van der Waals surface area contributed by atoms with Crippen molar-refractivity contribution in [3.63, 3.8) is 0 Å². The van der Waals surface area contributed by atoms with Gasteiger partial charge in [0.25, 0.3) is 10.0 Å². The molecule has 10 heteroatoms. The first-order valence-electron chi connectivity index (χ1n) is 15.8. The molecule has 4 aromatic rings. The lowest BCUT2D eigenvalue weighted by atomic mass is 9.94. The number of halogens is 2. The number of benzene rings is 4. The lowest BCUT2D eigenvalue weighted by molar-refractivity contribution is -0.140. The molecule has 47 heavy (non-hydrogen) atoms. The van der Waals surface area contributed by atoms with Gasteiger partial charge in [0.1, 0.15) is 12.6 Å². The molecule has 0 aliphatic heterocycles. The maximum absolute atomic E-state index is 14.7. The van der Waals surface area contributed by atoms with E-state index in [9.17, 15) is 18.0 Å². The average molecular weight is 737 g/mol. The lowest BCUT2D eigenvalue weighted by Gasteiger charge is -2.35. The summed E-state index contributed by atoms with van der Waals surface area (Å²) in [4.78, 5) is 30.5. The highest BCUT2D eigenvalue weighted by atomic mass is 79.9. The van der Waals surface area contributed by atoms with E-state index in [4.69, 9.17) is 11.6 Å². The molecule has 1 fully saturated rings. The number of hydrogen-bond acceptors (Lipinski definition) is 4. The number of carbonyl (C=O) groups excluding carboxylic acids is 2. The average Bonchev–Trinajstić information content (AvgIpc) is 3.07. The Balaban J connectivity index is 1.58. The number of carbonyl (C=O) groups is 2. The van der Waals surface area contributed by atoms with Crippen LogP contribution in [0, 0.1) is 6.92 Å². The largest absolute Gasteiger partial charge is 0.352 e. The monoisotopic (exact) mass is 735 g/mol. The van der Waals surface area contributed by atoms with Gasteiger partial charge in [0.15, 0.2) is 0 Å². The van der Waals surface area contributed by atoms with Gasteiger partial charge in [0, 0.05) is 28.5 Å². The molecule has 5 rings (SSSR count). The fourth-order valence-corrected chi connectivity index (χ4v) is 8.24. The van der Waals surface area contributed by atoms with E-state index in [-0.39, 0.29) is 29.8 Å². The van der Waals surface area contributed by atoms with E-state index in [2.05, 4.69) is 21.2 Å². The van der Waals surface area contributed by atoms with Crippen molar-refractivity contribution < 1.29 is 18.0 Å². The number of sulfonamides is 1. The van der Waals surface area contributed by atoms with Crippen molar-refractivity contribution in [1.82, 2.24) is 10.2 Å². The van der Waals surface area contributed by atoms with Crippen LogP contribution >= 0.6 is 27.5 Å². The van der Waals surface area contributed by atoms with Gasteiger partial charge in [-0.3, -0.25) is 13.9 Å². The molecule has 0 heterocycles. The molecule has 1 atom stereocenters. The van der Waals surface area contributed by atoms with E-state index in [0.717, 1.165) is 52.0 Å². The summed E-state index contributed by atoms with van der Waals surface area (Å²) in [7, 11) is -4.19. The molecule has 4 aromatic carbocycles. The summed E-state index contributed by atoms with van der Waals surface area (Å²) in [5.41, 5.74) is 2.63. The van der Waals surface area contributed by atoms with E-state index in [1.165, 1.54) is 17.0 Å². The van der Waals surface area contributed by atoms with E-state index in [0.29, 0.717) is 16.3 Å². The molecule has 0 aromatic heterocycles. The molecule has 0 spiro atoms. The number of nitrogens with zero attached hydrogens (tertiary/aromatic N) is 2. The maximum atomic E-state index is 14.7. The highest BCUT2D eigenvalue weighted by molar-refractivity contribution is 9.10. The van der Waals surface area contributed by atoms with Crippen molar-refractivity contribution in [3.05, 3.63) is 129 Å². The third-order valence-corrected chi connectivity index (χ3v) is 11.0. The van der Waals surface area contributed by atoms with Crippen LogP contribution in [-0.2, 0) is 32.6 Å². The Kier molecular flexibility index (Phi) is 11.8. The second kappa shape index (κ2) is 16.0. The number of amides is 2. The lowest BCUT2D eigenvalue weighted by Crippen LogP contribution is -2.55. The Hall–Kier alpha value is -3.66. The zero-order valence-electron chi connectivity index (χ0n) is 26.3. The number of aryl methyl sites for hydroxylation is 1. The van der Waals surface area contributed by atoms with Crippen molar-refractivity contribution in [2.45, 2.75) is 69.0 Å². The molecule has 1 aliphatic rings. The topological polar surface area (TPSA) is 86.8 Å². The van der Waals surface area contributed by atoms with Gasteiger partial charge in [-0.15, -0.1) is 0 Å². The van der Waals surface area contributed by atoms with E-state index in [1.54, 1.807) is 43.3 Å². The Bertz CT molecular complexity index is 1780. The number of hydrogen-bond donors (Lipinski definition) is 1. The van der Waals surface area contributed by atoms with E-state index in [1.807, 2.05) is 54.6 Å². The Morgan fingerprint density at radius 3 is 2.19 bits per heavy atom. The second-order valence-corrected chi connectivity index (χ2v) is 15.2. The predicted octanol–water partition coefficient (Wildman–Crippen LogP) is 7.70. The third-order valence-electron chi connectivity index (χ3n) is 8.50. The highest BCUT2D eigenvalue weighted by Gasteiger charge is 2.35. The zero-order valence-corrected chi connectivity index (χ0v) is 29.5. The van der Waals surface area contributed by atoms with Crippen LogP contribution in [0.25, 0.3) is 0 Å². The zero-order chi connectivity index (χ0) is 33.4. The first kappa shape index (κ1) is 34.7. The van der Waals surface area contributed by atoms with Crippen LogP contribution in [0.1, 0.15) is 48.8 Å². The van der Waals surface area contributed by atoms with Crippen LogP contribution in [0.2, 0.25) is 5.02 Å². The van der Waals surface area contributed by atoms with Crippen molar-refractivity contribution >= 4 is 55.1 Å². The fraction of sp³-hybridized carbons (Fsp3) is 0.297. The molecular weight excluding hydrogens is 698 g/mol. The van der Waals surface area contributed by atoms with Crippen molar-refractivity contribution in [1.29, 1.82) is 0 Å². The Labute approximate surface area is 291 Å². The molecule has 1 unspecified atom stereocenters. The molecule has 7 nitrogen and oxygen atoms in total. The third kappa shape index (κ3) is 9.03. The minimum absolute atomic E-state index is 0.0315. The molecule has 1 saturated carbocycles. The number of rotatable bonds is 12. The predicted molar refractivity (Wildman–Crippen MR) is 191 cm³/mol. The first-order chi connectivity index (χ1) is 22.6. The molecule has 2 amide bonds.